The molecule has 0 heterocycles. The van der Waals surface area contributed by atoms with E-state index in [-0.39, 0.29) is 0 Å². The molecule has 0 aliphatic rings. The van der Waals surface area contributed by atoms with Crippen molar-refractivity contribution in [3.63, 3.8) is 0 Å². The predicted octanol–water partition coefficient (Wildman–Crippen LogP) is 6.54. The predicted molar refractivity (Wildman–Crippen MR) is 92.8 cm³/mol. The second kappa shape index (κ2) is 8.67. The molecule has 0 aliphatic heterocycles. The fraction of sp³-hybridized carbons (Fsp3) is 0.429. The zero-order chi connectivity index (χ0) is 14.9. The molecular formula is C21H28. The SMILES string of the molecule is CCC(CCCC(CC)c1ccccc1)c1ccccc1. The van der Waals surface area contributed by atoms with Crippen molar-refractivity contribution >= 4 is 0 Å². The van der Waals surface area contributed by atoms with Gasteiger partial charge in [0.15, 0.2) is 0 Å². The molecule has 0 bridgehead atoms. The summed E-state index contributed by atoms with van der Waals surface area (Å²) >= 11 is 0. The molecule has 0 aromatic heterocycles. The molecule has 0 N–H and O–H groups in total. The molecule has 2 aromatic rings. The molecule has 0 nitrogen and oxygen atoms in total. The van der Waals surface area contributed by atoms with Gasteiger partial charge in [0, 0.05) is 0 Å². The fourth-order valence-electron chi connectivity index (χ4n) is 3.27. The standard InChI is InChI=1S/C21H28/c1-3-18(20-12-7-5-8-13-20)16-11-17-19(4-2)21-14-9-6-10-15-21/h5-10,12-15,18-19H,3-4,11,16-17H2,1-2H3. The lowest BCUT2D eigenvalue weighted by Gasteiger charge is -2.19. The van der Waals surface area contributed by atoms with Gasteiger partial charge in [-0.05, 0) is 48.6 Å². The van der Waals surface area contributed by atoms with E-state index in [9.17, 15) is 0 Å². The molecule has 2 aromatic carbocycles. The molecule has 0 aliphatic carbocycles. The first-order chi connectivity index (χ1) is 10.3. The van der Waals surface area contributed by atoms with Gasteiger partial charge in [-0.3, -0.25) is 0 Å². The van der Waals surface area contributed by atoms with Crippen molar-refractivity contribution in [2.24, 2.45) is 0 Å². The summed E-state index contributed by atoms with van der Waals surface area (Å²) in [4.78, 5) is 0. The van der Waals surface area contributed by atoms with Crippen LogP contribution < -0.4 is 0 Å². The third-order valence-corrected chi connectivity index (χ3v) is 4.63. The summed E-state index contributed by atoms with van der Waals surface area (Å²) in [6.45, 7) is 4.62. The van der Waals surface area contributed by atoms with Crippen LogP contribution in [-0.4, -0.2) is 0 Å². The maximum atomic E-state index is 2.31. The van der Waals surface area contributed by atoms with Crippen molar-refractivity contribution in [3.8, 4) is 0 Å². The summed E-state index contributed by atoms with van der Waals surface area (Å²) in [6, 6.07) is 22.0. The summed E-state index contributed by atoms with van der Waals surface area (Å²) in [5, 5.41) is 0. The maximum absolute atomic E-state index is 2.31. The second-order valence-electron chi connectivity index (χ2n) is 5.96. The van der Waals surface area contributed by atoms with Gasteiger partial charge >= 0.3 is 0 Å². The second-order valence-corrected chi connectivity index (χ2v) is 5.96. The van der Waals surface area contributed by atoms with Gasteiger partial charge in [-0.15, -0.1) is 0 Å². The summed E-state index contributed by atoms with van der Waals surface area (Å²) in [6.07, 6.45) is 6.42. The molecule has 0 amide bonds. The highest BCUT2D eigenvalue weighted by atomic mass is 14.2. The fourth-order valence-corrected chi connectivity index (χ4v) is 3.27. The van der Waals surface area contributed by atoms with Gasteiger partial charge < -0.3 is 0 Å². The van der Waals surface area contributed by atoms with Gasteiger partial charge in [0.05, 0.1) is 0 Å². The average Bonchev–Trinajstić information content (AvgIpc) is 2.57. The van der Waals surface area contributed by atoms with E-state index < -0.39 is 0 Å². The first-order valence-corrected chi connectivity index (χ1v) is 8.45. The van der Waals surface area contributed by atoms with Gasteiger partial charge in [0.1, 0.15) is 0 Å². The molecule has 2 rings (SSSR count). The zero-order valence-electron chi connectivity index (χ0n) is 13.5. The Morgan fingerprint density at radius 3 is 1.33 bits per heavy atom. The van der Waals surface area contributed by atoms with Crippen LogP contribution in [0.5, 0.6) is 0 Å². The van der Waals surface area contributed by atoms with Gasteiger partial charge in [-0.2, -0.15) is 0 Å². The van der Waals surface area contributed by atoms with Crippen LogP contribution in [0.1, 0.15) is 68.9 Å². The molecule has 2 unspecified atom stereocenters. The Labute approximate surface area is 130 Å². The molecule has 0 saturated heterocycles. The Balaban J connectivity index is 1.87. The smallest absolute Gasteiger partial charge is 0.0165 e. The Hall–Kier alpha value is -1.56. The minimum atomic E-state index is 0.722. The summed E-state index contributed by atoms with van der Waals surface area (Å²) in [7, 11) is 0. The molecule has 0 radical (unpaired) electrons. The van der Waals surface area contributed by atoms with Crippen molar-refractivity contribution < 1.29 is 0 Å². The van der Waals surface area contributed by atoms with Crippen molar-refractivity contribution in [2.75, 3.05) is 0 Å². The number of benzene rings is 2. The van der Waals surface area contributed by atoms with E-state index in [1.165, 1.54) is 43.2 Å². The van der Waals surface area contributed by atoms with Crippen LogP contribution in [0.4, 0.5) is 0 Å². The molecule has 0 saturated carbocycles. The van der Waals surface area contributed by atoms with E-state index in [1.807, 2.05) is 0 Å². The monoisotopic (exact) mass is 280 g/mol. The lowest BCUT2D eigenvalue weighted by atomic mass is 9.86. The Morgan fingerprint density at radius 2 is 1.00 bits per heavy atom. The number of hydrogen-bond donors (Lipinski definition) is 0. The molecular weight excluding hydrogens is 252 g/mol. The summed E-state index contributed by atoms with van der Waals surface area (Å²) < 4.78 is 0. The molecule has 0 heteroatoms. The van der Waals surface area contributed by atoms with Crippen molar-refractivity contribution in [3.05, 3.63) is 71.8 Å². The zero-order valence-corrected chi connectivity index (χ0v) is 13.5. The van der Waals surface area contributed by atoms with Crippen LogP contribution in [0.15, 0.2) is 60.7 Å². The van der Waals surface area contributed by atoms with E-state index in [1.54, 1.807) is 0 Å². The lowest BCUT2D eigenvalue weighted by Crippen LogP contribution is -2.01. The average molecular weight is 280 g/mol. The minimum absolute atomic E-state index is 0.722. The van der Waals surface area contributed by atoms with Gasteiger partial charge in [-0.25, -0.2) is 0 Å². The Bertz CT molecular complexity index is 438. The van der Waals surface area contributed by atoms with E-state index >= 15 is 0 Å². The van der Waals surface area contributed by atoms with E-state index in [0.717, 1.165) is 11.8 Å². The first-order valence-electron chi connectivity index (χ1n) is 8.45. The summed E-state index contributed by atoms with van der Waals surface area (Å²) in [5.74, 6) is 1.44. The topological polar surface area (TPSA) is 0 Å². The van der Waals surface area contributed by atoms with Gasteiger partial charge in [0.25, 0.3) is 0 Å². The number of hydrogen-bond acceptors (Lipinski definition) is 0. The molecule has 2 atom stereocenters. The van der Waals surface area contributed by atoms with Crippen LogP contribution in [0, 0.1) is 0 Å². The van der Waals surface area contributed by atoms with Gasteiger partial charge in [0.2, 0.25) is 0 Å². The van der Waals surface area contributed by atoms with Crippen molar-refractivity contribution in [2.45, 2.75) is 57.8 Å². The highest BCUT2D eigenvalue weighted by Crippen LogP contribution is 2.30. The lowest BCUT2D eigenvalue weighted by molar-refractivity contribution is 0.507. The maximum Gasteiger partial charge on any atom is -0.0165 e. The molecule has 21 heavy (non-hydrogen) atoms. The van der Waals surface area contributed by atoms with E-state index in [4.69, 9.17) is 0 Å². The van der Waals surface area contributed by atoms with E-state index in [0.29, 0.717) is 0 Å². The third-order valence-electron chi connectivity index (χ3n) is 4.63. The first kappa shape index (κ1) is 15.8. The van der Waals surface area contributed by atoms with Crippen molar-refractivity contribution in [1.82, 2.24) is 0 Å². The Morgan fingerprint density at radius 1 is 0.619 bits per heavy atom. The highest BCUT2D eigenvalue weighted by Gasteiger charge is 2.12. The van der Waals surface area contributed by atoms with Crippen LogP contribution in [0.25, 0.3) is 0 Å². The van der Waals surface area contributed by atoms with Gasteiger partial charge in [-0.1, -0.05) is 80.9 Å². The third kappa shape index (κ3) is 4.74. The van der Waals surface area contributed by atoms with Crippen molar-refractivity contribution in [1.29, 1.82) is 0 Å². The van der Waals surface area contributed by atoms with Crippen LogP contribution >= 0.6 is 0 Å². The van der Waals surface area contributed by atoms with Crippen LogP contribution in [0.3, 0.4) is 0 Å². The van der Waals surface area contributed by atoms with Crippen LogP contribution in [0.2, 0.25) is 0 Å². The molecule has 112 valence electrons. The van der Waals surface area contributed by atoms with E-state index in [2.05, 4.69) is 74.5 Å². The largest absolute Gasteiger partial charge is 0.0648 e. The minimum Gasteiger partial charge on any atom is -0.0648 e. The quantitative estimate of drug-likeness (QED) is 0.514. The molecule has 0 spiro atoms. The molecule has 0 fully saturated rings. The highest BCUT2D eigenvalue weighted by molar-refractivity contribution is 5.20. The van der Waals surface area contributed by atoms with Crippen LogP contribution in [-0.2, 0) is 0 Å². The summed E-state index contributed by atoms with van der Waals surface area (Å²) in [5.41, 5.74) is 3.01. The Kier molecular flexibility index (Phi) is 6.53. The normalized spacial score (nSPS) is 13.8. The number of rotatable bonds is 8.